The molecule has 4 heterocycles. The van der Waals surface area contributed by atoms with Gasteiger partial charge in [0.15, 0.2) is 0 Å². The molecule has 0 radical (unpaired) electrons. The van der Waals surface area contributed by atoms with Gasteiger partial charge in [-0.25, -0.2) is 9.97 Å². The van der Waals surface area contributed by atoms with Crippen LogP contribution in [-0.4, -0.2) is 66.8 Å². The van der Waals surface area contributed by atoms with Crippen LogP contribution in [0.3, 0.4) is 0 Å². The van der Waals surface area contributed by atoms with Gasteiger partial charge in [-0.3, -0.25) is 4.79 Å². The first kappa shape index (κ1) is 17.7. The number of rotatable bonds is 1. The molecule has 3 aliphatic rings. The van der Waals surface area contributed by atoms with E-state index in [-0.39, 0.29) is 16.7 Å². The first-order valence-electron chi connectivity index (χ1n) is 9.45. The first-order chi connectivity index (χ1) is 12.4. The summed E-state index contributed by atoms with van der Waals surface area (Å²) in [6.45, 7) is 11.6. The second-order valence-electron chi connectivity index (χ2n) is 8.64. The van der Waals surface area contributed by atoms with Crippen LogP contribution in [-0.2, 0) is 26.3 Å². The minimum Gasteiger partial charge on any atom is -0.378 e. The Hall–Kier alpha value is -1.73. The van der Waals surface area contributed by atoms with E-state index in [0.717, 1.165) is 43.3 Å². The largest absolute Gasteiger partial charge is 0.378 e. The summed E-state index contributed by atoms with van der Waals surface area (Å²) in [6, 6.07) is 0. The number of morpholine rings is 1. The van der Waals surface area contributed by atoms with Gasteiger partial charge in [0.05, 0.1) is 37.5 Å². The molecule has 0 unspecified atom stereocenters. The fourth-order valence-electron chi connectivity index (χ4n) is 4.13. The maximum Gasteiger partial charge on any atom is 0.227 e. The lowest BCUT2D eigenvalue weighted by molar-refractivity contribution is -0.138. The van der Waals surface area contributed by atoms with E-state index in [9.17, 15) is 4.79 Å². The monoisotopic (exact) mass is 360 g/mol. The van der Waals surface area contributed by atoms with Crippen LogP contribution in [0, 0.1) is 5.41 Å². The lowest BCUT2D eigenvalue weighted by Gasteiger charge is -2.36. The van der Waals surface area contributed by atoms with E-state index >= 15 is 0 Å². The molecule has 26 heavy (non-hydrogen) atoms. The van der Waals surface area contributed by atoms with E-state index in [4.69, 9.17) is 14.5 Å². The van der Waals surface area contributed by atoms with Gasteiger partial charge >= 0.3 is 0 Å². The molecule has 1 aromatic heterocycles. The summed E-state index contributed by atoms with van der Waals surface area (Å²) in [4.78, 5) is 26.4. The Labute approximate surface area is 154 Å². The molecule has 0 saturated carbocycles. The molecule has 0 aliphatic carbocycles. The molecule has 0 bridgehead atoms. The third-order valence-electron chi connectivity index (χ3n) is 5.57. The summed E-state index contributed by atoms with van der Waals surface area (Å²) >= 11 is 0. The average molecular weight is 360 g/mol. The predicted octanol–water partition coefficient (Wildman–Crippen LogP) is 1.36. The Kier molecular flexibility index (Phi) is 4.39. The number of fused-ring (bicyclic) bond motifs is 2. The van der Waals surface area contributed by atoms with Crippen LogP contribution in [0.2, 0.25) is 0 Å². The normalized spacial score (nSPS) is 26.3. The fraction of sp³-hybridized carbons (Fsp3) is 0.737. The Balaban J connectivity index is 1.63. The highest BCUT2D eigenvalue weighted by Gasteiger charge is 2.47. The number of amides is 1. The van der Waals surface area contributed by atoms with Crippen LogP contribution >= 0.6 is 0 Å². The Morgan fingerprint density at radius 2 is 1.96 bits per heavy atom. The van der Waals surface area contributed by atoms with Gasteiger partial charge in [0.1, 0.15) is 0 Å². The van der Waals surface area contributed by atoms with E-state index in [0.29, 0.717) is 33.0 Å². The minimum absolute atomic E-state index is 0.198. The zero-order valence-electron chi connectivity index (χ0n) is 16.0. The minimum atomic E-state index is -0.367. The molecule has 1 atom stereocenters. The van der Waals surface area contributed by atoms with Gasteiger partial charge in [0, 0.05) is 43.4 Å². The quantitative estimate of drug-likeness (QED) is 0.753. The second kappa shape index (κ2) is 6.46. The van der Waals surface area contributed by atoms with E-state index in [1.165, 1.54) is 0 Å². The van der Waals surface area contributed by atoms with Crippen molar-refractivity contribution in [1.82, 2.24) is 14.9 Å². The molecule has 142 valence electrons. The molecule has 2 fully saturated rings. The zero-order chi connectivity index (χ0) is 18.4. The lowest BCUT2D eigenvalue weighted by atomic mass is 9.80. The Bertz CT molecular complexity index is 697. The summed E-state index contributed by atoms with van der Waals surface area (Å²) in [6.07, 6.45) is 2.80. The van der Waals surface area contributed by atoms with E-state index in [2.05, 4.69) is 9.88 Å². The molecule has 3 aliphatic heterocycles. The summed E-state index contributed by atoms with van der Waals surface area (Å²) in [5.74, 6) is 0.970. The number of carbonyl (C=O) groups is 1. The molecular weight excluding hydrogens is 332 g/mol. The molecule has 0 aromatic carbocycles. The van der Waals surface area contributed by atoms with Crippen molar-refractivity contribution >= 4 is 11.9 Å². The third-order valence-corrected chi connectivity index (χ3v) is 5.57. The topological polar surface area (TPSA) is 67.8 Å². The molecule has 0 N–H and O–H groups in total. The van der Waals surface area contributed by atoms with Gasteiger partial charge in [-0.2, -0.15) is 0 Å². The summed E-state index contributed by atoms with van der Waals surface area (Å²) in [5, 5.41) is 0. The molecule has 7 heteroatoms. The number of ether oxygens (including phenoxy) is 2. The van der Waals surface area contributed by atoms with Crippen molar-refractivity contribution < 1.29 is 14.3 Å². The van der Waals surface area contributed by atoms with Crippen molar-refractivity contribution in [3.63, 3.8) is 0 Å². The first-order valence-corrected chi connectivity index (χ1v) is 9.45. The van der Waals surface area contributed by atoms with E-state index < -0.39 is 0 Å². The van der Waals surface area contributed by atoms with Crippen LogP contribution in [0.4, 0.5) is 5.95 Å². The molecule has 4 rings (SSSR count). The van der Waals surface area contributed by atoms with Gasteiger partial charge < -0.3 is 19.3 Å². The van der Waals surface area contributed by atoms with E-state index in [1.807, 2.05) is 31.9 Å². The van der Waals surface area contributed by atoms with Gasteiger partial charge in [0.2, 0.25) is 11.9 Å². The molecular formula is C19H28N4O3. The smallest absolute Gasteiger partial charge is 0.227 e. The van der Waals surface area contributed by atoms with Gasteiger partial charge in [-0.1, -0.05) is 20.8 Å². The van der Waals surface area contributed by atoms with Gasteiger partial charge in [-0.05, 0) is 6.42 Å². The SMILES string of the molecule is CC(C)(C)C(=O)N1CC[C@]2(COCc3cnc(N4CCOCC4)nc32)C1. The number of hydrogen-bond acceptors (Lipinski definition) is 6. The average Bonchev–Trinajstić information content (AvgIpc) is 3.06. The maximum atomic E-state index is 12.7. The van der Waals surface area contributed by atoms with Crippen molar-refractivity contribution in [1.29, 1.82) is 0 Å². The number of anilines is 1. The number of likely N-dealkylation sites (tertiary alicyclic amines) is 1. The molecule has 1 amide bonds. The Morgan fingerprint density at radius 3 is 2.69 bits per heavy atom. The van der Waals surface area contributed by atoms with Crippen molar-refractivity contribution in [3.8, 4) is 0 Å². The molecule has 1 aromatic rings. The highest BCUT2D eigenvalue weighted by molar-refractivity contribution is 5.82. The summed E-state index contributed by atoms with van der Waals surface area (Å²) in [5.41, 5.74) is 1.55. The fourth-order valence-corrected chi connectivity index (χ4v) is 4.13. The summed E-state index contributed by atoms with van der Waals surface area (Å²) < 4.78 is 11.3. The van der Waals surface area contributed by atoms with Crippen LogP contribution in [0.5, 0.6) is 0 Å². The van der Waals surface area contributed by atoms with Gasteiger partial charge in [-0.15, -0.1) is 0 Å². The number of nitrogens with zero attached hydrogens (tertiary/aromatic N) is 4. The number of hydrogen-bond donors (Lipinski definition) is 0. The molecule has 1 spiro atoms. The van der Waals surface area contributed by atoms with Crippen molar-refractivity contribution in [2.45, 2.75) is 39.2 Å². The molecule has 2 saturated heterocycles. The highest BCUT2D eigenvalue weighted by Crippen LogP contribution is 2.40. The number of carbonyl (C=O) groups excluding carboxylic acids is 1. The maximum absolute atomic E-state index is 12.7. The predicted molar refractivity (Wildman–Crippen MR) is 97.1 cm³/mol. The summed E-state index contributed by atoms with van der Waals surface area (Å²) in [7, 11) is 0. The van der Waals surface area contributed by atoms with Crippen molar-refractivity contribution in [2.75, 3.05) is 50.9 Å². The molecule has 7 nitrogen and oxygen atoms in total. The Morgan fingerprint density at radius 1 is 1.19 bits per heavy atom. The number of aromatic nitrogens is 2. The van der Waals surface area contributed by atoms with Crippen LogP contribution in [0.25, 0.3) is 0 Å². The van der Waals surface area contributed by atoms with Crippen LogP contribution in [0.15, 0.2) is 6.20 Å². The van der Waals surface area contributed by atoms with E-state index in [1.54, 1.807) is 0 Å². The van der Waals surface area contributed by atoms with Crippen molar-refractivity contribution in [2.24, 2.45) is 5.41 Å². The standard InChI is InChI=1S/C19H28N4O3/c1-18(2,3)16(24)23-5-4-19(12-23)13-26-11-14-10-20-17(21-15(14)19)22-6-8-25-9-7-22/h10H,4-9,11-13H2,1-3H3/t19-/m1/s1. The second-order valence-corrected chi connectivity index (χ2v) is 8.64. The van der Waals surface area contributed by atoms with Crippen molar-refractivity contribution in [3.05, 3.63) is 17.5 Å². The highest BCUT2D eigenvalue weighted by atomic mass is 16.5. The zero-order valence-corrected chi connectivity index (χ0v) is 16.0. The lowest BCUT2D eigenvalue weighted by Crippen LogP contribution is -2.44. The van der Waals surface area contributed by atoms with Crippen LogP contribution in [0.1, 0.15) is 38.4 Å². The van der Waals surface area contributed by atoms with Gasteiger partial charge in [0.25, 0.3) is 0 Å². The third kappa shape index (κ3) is 3.07. The van der Waals surface area contributed by atoms with Crippen LogP contribution < -0.4 is 4.90 Å².